The second kappa shape index (κ2) is 13.0. The summed E-state index contributed by atoms with van der Waals surface area (Å²) < 4.78 is 29.9. The summed E-state index contributed by atoms with van der Waals surface area (Å²) in [6.45, 7) is -1.46. The molecule has 0 aliphatic rings. The van der Waals surface area contributed by atoms with Crippen LogP contribution in [-0.4, -0.2) is 6.61 Å². The molecule has 0 unspecified atom stereocenters. The van der Waals surface area contributed by atoms with Crippen LogP contribution < -0.4 is 9.64 Å². The van der Waals surface area contributed by atoms with Crippen molar-refractivity contribution in [1.29, 1.82) is 0 Å². The molecule has 6 heteroatoms. The van der Waals surface area contributed by atoms with Gasteiger partial charge in [-0.3, -0.25) is 0 Å². The average molecular weight is 574 g/mol. The molecule has 0 N–H and O–H groups in total. The first-order valence-electron chi connectivity index (χ1n) is 12.9. The van der Waals surface area contributed by atoms with Crippen molar-refractivity contribution in [2.24, 2.45) is 0 Å². The van der Waals surface area contributed by atoms with Crippen LogP contribution in [0.2, 0.25) is 10.0 Å². The van der Waals surface area contributed by atoms with Gasteiger partial charge in [0.1, 0.15) is 5.75 Å². The minimum Gasteiger partial charge on any atom is -0.435 e. The summed E-state index contributed by atoms with van der Waals surface area (Å²) in [6, 6.07) is 39.1. The predicted molar refractivity (Wildman–Crippen MR) is 161 cm³/mol. The maximum absolute atomic E-state index is 12.7. The van der Waals surface area contributed by atoms with E-state index in [2.05, 4.69) is 33.9 Å². The van der Waals surface area contributed by atoms with Crippen LogP contribution in [0, 0.1) is 0 Å². The molecule has 0 aliphatic carbocycles. The number of anilines is 1. The van der Waals surface area contributed by atoms with Gasteiger partial charge in [0.2, 0.25) is 0 Å². The molecule has 0 aromatic heterocycles. The Labute approximate surface area is 243 Å². The predicted octanol–water partition coefficient (Wildman–Crippen LogP) is 10.1. The Kier molecular flexibility index (Phi) is 9.00. The van der Waals surface area contributed by atoms with E-state index in [1.165, 1.54) is 17.2 Å². The standard InChI is InChI=1S/C34H27Cl2F2NO/c35-32-20-29(39(22-24-9-3-1-4-10-24)23-25-11-5-2-6-12-25)21-33(36)31(32)18-26-13-7-14-27(17-26)28-15-8-16-30(19-28)40-34(37)38/h1-17,19-21,34H,18,22-23H2. The molecule has 5 aromatic rings. The second-order valence-electron chi connectivity index (χ2n) is 9.50. The number of hydrogen-bond donors (Lipinski definition) is 0. The fourth-order valence-electron chi connectivity index (χ4n) is 4.70. The highest BCUT2D eigenvalue weighted by atomic mass is 35.5. The maximum Gasteiger partial charge on any atom is 0.387 e. The monoisotopic (exact) mass is 573 g/mol. The number of alkyl halides is 2. The van der Waals surface area contributed by atoms with Crippen molar-refractivity contribution in [3.63, 3.8) is 0 Å². The summed E-state index contributed by atoms with van der Waals surface area (Å²) in [5.41, 5.74) is 6.82. The van der Waals surface area contributed by atoms with Gasteiger partial charge in [-0.05, 0) is 57.6 Å². The summed E-state index contributed by atoms with van der Waals surface area (Å²) in [6.07, 6.45) is 0.524. The highest BCUT2D eigenvalue weighted by Crippen LogP contribution is 2.35. The van der Waals surface area contributed by atoms with E-state index in [-0.39, 0.29) is 5.75 Å². The SMILES string of the molecule is FC(F)Oc1cccc(-c2cccc(Cc3c(Cl)cc(N(Cc4ccccc4)Cc4ccccc4)cc3Cl)c2)c1. The first kappa shape index (κ1) is 27.7. The van der Waals surface area contributed by atoms with Crippen molar-refractivity contribution < 1.29 is 13.5 Å². The van der Waals surface area contributed by atoms with Gasteiger partial charge in [-0.15, -0.1) is 0 Å². The zero-order valence-corrected chi connectivity index (χ0v) is 23.1. The molecule has 0 bridgehead atoms. The van der Waals surface area contributed by atoms with E-state index in [9.17, 15) is 8.78 Å². The molecule has 5 aromatic carbocycles. The molecule has 0 atom stereocenters. The van der Waals surface area contributed by atoms with Gasteiger partial charge < -0.3 is 9.64 Å². The van der Waals surface area contributed by atoms with Crippen LogP contribution in [0.5, 0.6) is 5.75 Å². The Morgan fingerprint density at radius 2 is 1.12 bits per heavy atom. The molecular weight excluding hydrogens is 547 g/mol. The minimum absolute atomic E-state index is 0.121. The van der Waals surface area contributed by atoms with Gasteiger partial charge in [-0.25, -0.2) is 0 Å². The first-order valence-corrected chi connectivity index (χ1v) is 13.6. The highest BCUT2D eigenvalue weighted by Gasteiger charge is 2.15. The third kappa shape index (κ3) is 7.20. The topological polar surface area (TPSA) is 12.5 Å². The van der Waals surface area contributed by atoms with E-state index >= 15 is 0 Å². The summed E-state index contributed by atoms with van der Waals surface area (Å²) >= 11 is 13.7. The van der Waals surface area contributed by atoms with Crippen LogP contribution in [0.3, 0.4) is 0 Å². The summed E-state index contributed by atoms with van der Waals surface area (Å²) in [4.78, 5) is 2.27. The Morgan fingerprint density at radius 1 is 0.600 bits per heavy atom. The number of ether oxygens (including phenoxy) is 1. The number of hydrogen-bond acceptors (Lipinski definition) is 2. The van der Waals surface area contributed by atoms with E-state index in [0.717, 1.165) is 27.9 Å². The number of rotatable bonds is 10. The molecule has 2 nitrogen and oxygen atoms in total. The van der Waals surface area contributed by atoms with Crippen molar-refractivity contribution in [2.45, 2.75) is 26.1 Å². The number of benzene rings is 5. The van der Waals surface area contributed by atoms with Crippen molar-refractivity contribution >= 4 is 28.9 Å². The lowest BCUT2D eigenvalue weighted by atomic mass is 9.98. The van der Waals surface area contributed by atoms with E-state index in [1.807, 2.05) is 78.9 Å². The zero-order valence-electron chi connectivity index (χ0n) is 21.6. The molecule has 0 fully saturated rings. The number of nitrogens with zero attached hydrogens (tertiary/aromatic N) is 1. The fraction of sp³-hybridized carbons (Fsp3) is 0.118. The molecule has 0 radical (unpaired) electrons. The van der Waals surface area contributed by atoms with Gasteiger partial charge in [-0.1, -0.05) is 120 Å². The van der Waals surface area contributed by atoms with Gasteiger partial charge in [0, 0.05) is 35.2 Å². The van der Waals surface area contributed by atoms with Crippen LogP contribution in [0.4, 0.5) is 14.5 Å². The molecule has 5 rings (SSSR count). The Morgan fingerprint density at radius 3 is 1.70 bits per heavy atom. The van der Waals surface area contributed by atoms with Crippen LogP contribution in [0.15, 0.2) is 121 Å². The van der Waals surface area contributed by atoms with Gasteiger partial charge in [-0.2, -0.15) is 8.78 Å². The van der Waals surface area contributed by atoms with E-state index < -0.39 is 6.61 Å². The first-order chi connectivity index (χ1) is 19.4. The lowest BCUT2D eigenvalue weighted by Crippen LogP contribution is -2.22. The minimum atomic E-state index is -2.87. The lowest BCUT2D eigenvalue weighted by molar-refractivity contribution is -0.0498. The van der Waals surface area contributed by atoms with Crippen LogP contribution in [0.1, 0.15) is 22.3 Å². The second-order valence-corrected chi connectivity index (χ2v) is 10.3. The molecule has 0 saturated carbocycles. The summed E-state index contributed by atoms with van der Waals surface area (Å²) in [7, 11) is 0. The smallest absolute Gasteiger partial charge is 0.387 e. The van der Waals surface area contributed by atoms with Gasteiger partial charge in [0.15, 0.2) is 0 Å². The Bertz CT molecular complexity index is 1500. The lowest BCUT2D eigenvalue weighted by Gasteiger charge is -2.26. The molecule has 0 amide bonds. The van der Waals surface area contributed by atoms with Crippen LogP contribution >= 0.6 is 23.2 Å². The molecule has 0 spiro atoms. The maximum atomic E-state index is 12.7. The van der Waals surface area contributed by atoms with Gasteiger partial charge in [0.05, 0.1) is 0 Å². The molecular formula is C34H27Cl2F2NO. The molecule has 40 heavy (non-hydrogen) atoms. The zero-order chi connectivity index (χ0) is 27.9. The number of halogens is 4. The van der Waals surface area contributed by atoms with Gasteiger partial charge in [0.25, 0.3) is 0 Å². The summed E-state index contributed by atoms with van der Waals surface area (Å²) in [5, 5.41) is 1.18. The van der Waals surface area contributed by atoms with Crippen molar-refractivity contribution in [3.05, 3.63) is 154 Å². The van der Waals surface area contributed by atoms with Crippen molar-refractivity contribution in [2.75, 3.05) is 4.90 Å². The molecule has 202 valence electrons. The molecule has 0 saturated heterocycles. The van der Waals surface area contributed by atoms with Crippen LogP contribution in [-0.2, 0) is 19.5 Å². The van der Waals surface area contributed by atoms with E-state index in [4.69, 9.17) is 23.2 Å². The third-order valence-electron chi connectivity index (χ3n) is 6.62. The normalized spacial score (nSPS) is 11.0. The quantitative estimate of drug-likeness (QED) is 0.165. The third-order valence-corrected chi connectivity index (χ3v) is 7.30. The van der Waals surface area contributed by atoms with Crippen LogP contribution in [0.25, 0.3) is 11.1 Å². The molecule has 0 heterocycles. The van der Waals surface area contributed by atoms with Gasteiger partial charge >= 0.3 is 6.61 Å². The Balaban J connectivity index is 1.41. The van der Waals surface area contributed by atoms with Crippen molar-refractivity contribution in [1.82, 2.24) is 0 Å². The molecule has 0 aliphatic heterocycles. The Hall–Kier alpha value is -3.86. The fourth-order valence-corrected chi connectivity index (χ4v) is 5.31. The summed E-state index contributed by atoms with van der Waals surface area (Å²) in [5.74, 6) is 0.121. The average Bonchev–Trinajstić information content (AvgIpc) is 2.96. The van der Waals surface area contributed by atoms with Crippen molar-refractivity contribution in [3.8, 4) is 16.9 Å². The van der Waals surface area contributed by atoms with E-state index in [1.54, 1.807) is 12.1 Å². The van der Waals surface area contributed by atoms with E-state index in [0.29, 0.717) is 29.6 Å². The highest BCUT2D eigenvalue weighted by molar-refractivity contribution is 6.36. The largest absolute Gasteiger partial charge is 0.435 e.